The number of halogens is 2. The van der Waals surface area contributed by atoms with Crippen molar-refractivity contribution in [3.8, 4) is 0 Å². The Morgan fingerprint density at radius 3 is 2.04 bits per heavy atom. The van der Waals surface area contributed by atoms with Crippen molar-refractivity contribution in [1.82, 2.24) is 0 Å². The molecule has 0 atom stereocenters. The molecule has 0 saturated heterocycles. The van der Waals surface area contributed by atoms with E-state index in [1.54, 1.807) is 12.1 Å². The van der Waals surface area contributed by atoms with E-state index in [0.717, 1.165) is 12.0 Å². The fourth-order valence-electron chi connectivity index (χ4n) is 2.72. The van der Waals surface area contributed by atoms with E-state index in [9.17, 15) is 0 Å². The topological polar surface area (TPSA) is 23.8 Å². The van der Waals surface area contributed by atoms with Crippen LogP contribution < -0.4 is 0 Å². The molecule has 0 aliphatic heterocycles. The normalized spacial score (nSPS) is 11.2. The Morgan fingerprint density at radius 2 is 1.46 bits per heavy atom. The van der Waals surface area contributed by atoms with Crippen LogP contribution >= 0.6 is 24.8 Å². The SMILES string of the molecule is Cl.Cl.[CH2-]c1c(C2=CC=CC2)ccc2ccccc12.[NH-]c1ccccc1.[Ti+2]. The Hall–Kier alpha value is -1.64. The monoisotopic (exact) mass is 417 g/mol. The molecule has 0 unspecified atom stereocenters. The second-order valence-corrected chi connectivity index (χ2v) is 5.50. The van der Waals surface area contributed by atoms with Crippen LogP contribution in [-0.2, 0) is 21.7 Å². The van der Waals surface area contributed by atoms with Gasteiger partial charge in [-0.15, -0.1) is 53.6 Å². The molecule has 0 heterocycles. The first-order chi connectivity index (χ1) is 11.3. The molecule has 0 amide bonds. The summed E-state index contributed by atoms with van der Waals surface area (Å²) in [6.45, 7) is 4.22. The van der Waals surface area contributed by atoms with Crippen LogP contribution in [0.4, 0.5) is 5.69 Å². The average molecular weight is 418 g/mol. The maximum atomic E-state index is 7.00. The summed E-state index contributed by atoms with van der Waals surface area (Å²) in [5.74, 6) is 0. The van der Waals surface area contributed by atoms with Crippen molar-refractivity contribution in [2.75, 3.05) is 0 Å². The van der Waals surface area contributed by atoms with Crippen molar-refractivity contribution in [3.05, 3.63) is 109 Å². The van der Waals surface area contributed by atoms with E-state index in [1.807, 2.05) is 18.2 Å². The summed E-state index contributed by atoms with van der Waals surface area (Å²) in [5.41, 5.74) is 11.4. The molecule has 0 fully saturated rings. The molecule has 0 aromatic heterocycles. The van der Waals surface area contributed by atoms with Crippen LogP contribution in [0.2, 0.25) is 0 Å². The molecule has 0 radical (unpaired) electrons. The maximum absolute atomic E-state index is 7.00. The quantitative estimate of drug-likeness (QED) is 0.287. The summed E-state index contributed by atoms with van der Waals surface area (Å²) in [7, 11) is 0. The standard InChI is InChI=1S/C16H13.C6H6N.2ClH.Ti/c1-12-15-9-5-4-8-14(15)10-11-16(12)13-6-2-3-7-13;7-6-4-2-1-3-5-6;;;/h2-6,8-11H,1,7H2;1-5,7H;2*1H;/q2*-1;;;+2. The molecule has 4 heteroatoms. The third-order valence-electron chi connectivity index (χ3n) is 3.93. The first-order valence-corrected chi connectivity index (χ1v) is 7.72. The summed E-state index contributed by atoms with van der Waals surface area (Å²) in [6.07, 6.45) is 7.51. The van der Waals surface area contributed by atoms with Gasteiger partial charge in [0.1, 0.15) is 0 Å². The maximum Gasteiger partial charge on any atom is 2.00 e. The summed E-state index contributed by atoms with van der Waals surface area (Å²) in [5, 5.41) is 2.52. The summed E-state index contributed by atoms with van der Waals surface area (Å²) >= 11 is 0. The van der Waals surface area contributed by atoms with Crippen molar-refractivity contribution in [1.29, 1.82) is 0 Å². The minimum atomic E-state index is 0. The van der Waals surface area contributed by atoms with Crippen LogP contribution in [0.15, 0.2) is 85.0 Å². The Balaban J connectivity index is 0.000000542. The number of allylic oxidation sites excluding steroid dienone is 4. The van der Waals surface area contributed by atoms with Gasteiger partial charge in [0.05, 0.1) is 0 Å². The van der Waals surface area contributed by atoms with Crippen molar-refractivity contribution >= 4 is 46.8 Å². The molecule has 1 aliphatic rings. The Kier molecular flexibility index (Phi) is 11.1. The number of hydrogen-bond donors (Lipinski definition) is 0. The fourth-order valence-corrected chi connectivity index (χ4v) is 2.72. The molecule has 3 aromatic rings. The smallest absolute Gasteiger partial charge is 0.699 e. The molecule has 4 rings (SSSR count). The first kappa shape index (κ1) is 24.4. The van der Waals surface area contributed by atoms with Crippen LogP contribution in [0, 0.1) is 6.92 Å². The number of benzene rings is 3. The zero-order chi connectivity index (χ0) is 16.1. The summed E-state index contributed by atoms with van der Waals surface area (Å²) in [4.78, 5) is 0. The van der Waals surface area contributed by atoms with Gasteiger partial charge in [-0.2, -0.15) is 12.5 Å². The minimum Gasteiger partial charge on any atom is -0.699 e. The van der Waals surface area contributed by atoms with Gasteiger partial charge in [0, 0.05) is 0 Å². The van der Waals surface area contributed by atoms with E-state index in [-0.39, 0.29) is 46.5 Å². The van der Waals surface area contributed by atoms with E-state index in [4.69, 9.17) is 5.73 Å². The van der Waals surface area contributed by atoms with Gasteiger partial charge in [-0.1, -0.05) is 83.8 Å². The Morgan fingerprint density at radius 1 is 0.808 bits per heavy atom. The van der Waals surface area contributed by atoms with Gasteiger partial charge in [-0.05, 0) is 6.42 Å². The van der Waals surface area contributed by atoms with Crippen molar-refractivity contribution < 1.29 is 21.7 Å². The molecule has 26 heavy (non-hydrogen) atoms. The zero-order valence-corrected chi connectivity index (χ0v) is 17.5. The van der Waals surface area contributed by atoms with E-state index in [1.165, 1.54) is 21.9 Å². The molecular weight excluding hydrogens is 397 g/mol. The molecule has 0 saturated carbocycles. The molecule has 1 nitrogen and oxygen atoms in total. The third-order valence-corrected chi connectivity index (χ3v) is 3.93. The molecular formula is C22H21Cl2NTi. The van der Waals surface area contributed by atoms with Gasteiger partial charge in [-0.3, -0.25) is 0 Å². The van der Waals surface area contributed by atoms with Crippen LogP contribution in [0.25, 0.3) is 22.1 Å². The Labute approximate surface area is 183 Å². The van der Waals surface area contributed by atoms with Crippen molar-refractivity contribution in [3.63, 3.8) is 0 Å². The van der Waals surface area contributed by atoms with Crippen LogP contribution in [-0.4, -0.2) is 0 Å². The van der Waals surface area contributed by atoms with E-state index >= 15 is 0 Å². The van der Waals surface area contributed by atoms with Crippen molar-refractivity contribution in [2.24, 2.45) is 0 Å². The van der Waals surface area contributed by atoms with Crippen LogP contribution in [0.3, 0.4) is 0 Å². The van der Waals surface area contributed by atoms with Crippen molar-refractivity contribution in [2.45, 2.75) is 6.42 Å². The van der Waals surface area contributed by atoms with Gasteiger partial charge in [0.25, 0.3) is 0 Å². The number of fused-ring (bicyclic) bond motifs is 1. The predicted octanol–water partition coefficient (Wildman–Crippen LogP) is 7.58. The molecule has 1 N–H and O–H groups in total. The molecule has 132 valence electrons. The van der Waals surface area contributed by atoms with Gasteiger partial charge in [-0.25, -0.2) is 0 Å². The van der Waals surface area contributed by atoms with E-state index in [0.29, 0.717) is 5.69 Å². The van der Waals surface area contributed by atoms with Gasteiger partial charge in [0.2, 0.25) is 0 Å². The van der Waals surface area contributed by atoms with Gasteiger partial charge >= 0.3 is 21.7 Å². The molecule has 3 aromatic carbocycles. The summed E-state index contributed by atoms with van der Waals surface area (Å²) in [6, 6.07) is 21.9. The van der Waals surface area contributed by atoms with Crippen LogP contribution in [0.1, 0.15) is 17.5 Å². The number of nitrogens with one attached hydrogen (secondary N) is 1. The second kappa shape index (κ2) is 11.9. The predicted molar refractivity (Wildman–Crippen MR) is 115 cm³/mol. The molecule has 0 spiro atoms. The minimum absolute atomic E-state index is 0. The van der Waals surface area contributed by atoms with E-state index in [2.05, 4.69) is 61.5 Å². The fraction of sp³-hybridized carbons (Fsp3) is 0.0455. The van der Waals surface area contributed by atoms with Gasteiger partial charge < -0.3 is 5.73 Å². The van der Waals surface area contributed by atoms with Gasteiger partial charge in [0.15, 0.2) is 0 Å². The molecule has 1 aliphatic carbocycles. The third kappa shape index (κ3) is 5.97. The Bertz CT molecular complexity index is 874. The number of hydrogen-bond acceptors (Lipinski definition) is 0. The van der Waals surface area contributed by atoms with E-state index < -0.39 is 0 Å². The average Bonchev–Trinajstić information content (AvgIpc) is 3.11. The van der Waals surface area contributed by atoms with Crippen LogP contribution in [0.5, 0.6) is 0 Å². The zero-order valence-electron chi connectivity index (χ0n) is 14.3. The number of rotatable bonds is 1. The molecule has 0 bridgehead atoms. The second-order valence-electron chi connectivity index (χ2n) is 5.50. The largest absolute Gasteiger partial charge is 2.00 e. The first-order valence-electron chi connectivity index (χ1n) is 7.72. The summed E-state index contributed by atoms with van der Waals surface area (Å²) < 4.78 is 0.